The Balaban J connectivity index is 5.08. The molecular formula is C7H10ClNO3. The fourth-order valence-electron chi connectivity index (χ4n) is 0.661. The van der Waals surface area contributed by atoms with Crippen LogP contribution in [0.1, 0.15) is 13.8 Å². The summed E-state index contributed by atoms with van der Waals surface area (Å²) in [5.74, 6) is -1.82. The van der Waals surface area contributed by atoms with Gasteiger partial charge in [0.2, 0.25) is 0 Å². The summed E-state index contributed by atoms with van der Waals surface area (Å²) < 4.78 is 0. The van der Waals surface area contributed by atoms with Gasteiger partial charge in [-0.15, -0.1) is 11.6 Å². The van der Waals surface area contributed by atoms with Crippen LogP contribution in [-0.2, 0) is 4.79 Å². The maximum absolute atomic E-state index is 10.5. The van der Waals surface area contributed by atoms with Gasteiger partial charge in [0.1, 0.15) is 11.3 Å². The number of aliphatic hydroxyl groups excluding tert-OH is 1. The molecule has 0 spiro atoms. The molecule has 4 nitrogen and oxygen atoms in total. The zero-order chi connectivity index (χ0) is 9.89. The number of carboxylic acids is 1. The number of carboxylic acid groups (broad SMARTS) is 1. The minimum Gasteiger partial charge on any atom is -0.510 e. The average Bonchev–Trinajstić information content (AvgIpc) is 1.85. The molecule has 3 N–H and O–H groups in total. The van der Waals surface area contributed by atoms with E-state index in [2.05, 4.69) is 0 Å². The summed E-state index contributed by atoms with van der Waals surface area (Å²) in [6.45, 7) is 2.71. The van der Waals surface area contributed by atoms with Crippen molar-refractivity contribution in [3.63, 3.8) is 0 Å². The SMILES string of the molecule is CC(=N)/C(C(=O)O)=C(\O)C(C)Cl. The minimum absolute atomic E-state index is 0.215. The number of alkyl halides is 1. The molecule has 68 valence electrons. The van der Waals surface area contributed by atoms with Crippen molar-refractivity contribution in [3.8, 4) is 0 Å². The molecule has 0 aliphatic rings. The maximum atomic E-state index is 10.5. The van der Waals surface area contributed by atoms with E-state index in [-0.39, 0.29) is 5.71 Å². The molecule has 1 atom stereocenters. The first kappa shape index (κ1) is 11.0. The lowest BCUT2D eigenvalue weighted by Gasteiger charge is -2.06. The van der Waals surface area contributed by atoms with Gasteiger partial charge in [-0.05, 0) is 13.8 Å². The van der Waals surface area contributed by atoms with Crippen LogP contribution < -0.4 is 0 Å². The molecule has 0 aliphatic carbocycles. The third-order valence-corrected chi connectivity index (χ3v) is 1.43. The number of carbonyl (C=O) groups is 1. The van der Waals surface area contributed by atoms with Gasteiger partial charge in [-0.1, -0.05) is 0 Å². The summed E-state index contributed by atoms with van der Waals surface area (Å²) in [6, 6.07) is 0. The lowest BCUT2D eigenvalue weighted by atomic mass is 10.1. The summed E-state index contributed by atoms with van der Waals surface area (Å²) in [7, 11) is 0. The Kier molecular flexibility index (Phi) is 3.76. The number of allylic oxidation sites excluding steroid dienone is 1. The molecule has 0 saturated carbocycles. The van der Waals surface area contributed by atoms with E-state index in [4.69, 9.17) is 27.2 Å². The fraction of sp³-hybridized carbons (Fsp3) is 0.429. The first-order chi connectivity index (χ1) is 5.37. The van der Waals surface area contributed by atoms with Crippen LogP contribution in [0.5, 0.6) is 0 Å². The Morgan fingerprint density at radius 2 is 1.92 bits per heavy atom. The van der Waals surface area contributed by atoms with Crippen molar-refractivity contribution >= 4 is 23.3 Å². The zero-order valence-corrected chi connectivity index (χ0v) is 7.51. The molecule has 0 radical (unpaired) electrons. The largest absolute Gasteiger partial charge is 0.510 e. The van der Waals surface area contributed by atoms with Gasteiger partial charge >= 0.3 is 5.97 Å². The van der Waals surface area contributed by atoms with Gasteiger partial charge in [-0.3, -0.25) is 0 Å². The molecule has 0 bridgehead atoms. The second kappa shape index (κ2) is 4.11. The van der Waals surface area contributed by atoms with E-state index < -0.39 is 22.7 Å². The Bertz CT molecular complexity index is 229. The quantitative estimate of drug-likeness (QED) is 0.274. The minimum atomic E-state index is -1.34. The highest BCUT2D eigenvalue weighted by atomic mass is 35.5. The van der Waals surface area contributed by atoms with Crippen LogP contribution in [0.25, 0.3) is 0 Å². The Morgan fingerprint density at radius 1 is 1.50 bits per heavy atom. The topological polar surface area (TPSA) is 81.4 Å². The summed E-state index contributed by atoms with van der Waals surface area (Å²) in [5.41, 5.74) is -0.648. The lowest BCUT2D eigenvalue weighted by Crippen LogP contribution is -2.15. The summed E-state index contributed by atoms with van der Waals surface area (Å²) in [5, 5.41) is 24.0. The molecule has 0 aliphatic heterocycles. The van der Waals surface area contributed by atoms with Gasteiger partial charge < -0.3 is 15.6 Å². The molecule has 0 amide bonds. The number of aliphatic hydroxyl groups is 1. The van der Waals surface area contributed by atoms with Gasteiger partial charge in [-0.25, -0.2) is 4.79 Å². The normalized spacial score (nSPS) is 14.9. The second-order valence-electron chi connectivity index (χ2n) is 2.31. The summed E-state index contributed by atoms with van der Waals surface area (Å²) in [6.07, 6.45) is 0. The van der Waals surface area contributed by atoms with Crippen LogP contribution in [0.4, 0.5) is 0 Å². The van der Waals surface area contributed by atoms with Crippen LogP contribution >= 0.6 is 11.6 Å². The molecule has 0 saturated heterocycles. The van der Waals surface area contributed by atoms with Crippen molar-refractivity contribution in [3.05, 3.63) is 11.3 Å². The first-order valence-electron chi connectivity index (χ1n) is 3.24. The third kappa shape index (κ3) is 2.54. The molecule has 1 unspecified atom stereocenters. The van der Waals surface area contributed by atoms with Crippen LogP contribution in [0.3, 0.4) is 0 Å². The standard InChI is InChI=1S/C7H10ClNO3/c1-3(8)6(10)5(4(2)9)7(11)12/h3,9-10H,1-2H3,(H,11,12)/b6-5+,9-4?. The van der Waals surface area contributed by atoms with Gasteiger partial charge in [0.05, 0.1) is 5.38 Å². The van der Waals surface area contributed by atoms with Crippen LogP contribution in [0, 0.1) is 5.41 Å². The van der Waals surface area contributed by atoms with E-state index in [0.717, 1.165) is 0 Å². The number of halogens is 1. The van der Waals surface area contributed by atoms with Crippen molar-refractivity contribution in [2.45, 2.75) is 19.2 Å². The zero-order valence-electron chi connectivity index (χ0n) is 6.76. The second-order valence-corrected chi connectivity index (χ2v) is 2.96. The lowest BCUT2D eigenvalue weighted by molar-refractivity contribution is -0.132. The predicted molar refractivity (Wildman–Crippen MR) is 46.0 cm³/mol. The van der Waals surface area contributed by atoms with E-state index in [9.17, 15) is 4.79 Å². The average molecular weight is 192 g/mol. The Morgan fingerprint density at radius 3 is 2.00 bits per heavy atom. The number of nitrogens with one attached hydrogen (secondary N) is 1. The number of aliphatic carboxylic acids is 1. The highest BCUT2D eigenvalue weighted by molar-refractivity contribution is 6.24. The molecule has 0 fully saturated rings. The molecule has 0 aromatic carbocycles. The van der Waals surface area contributed by atoms with Crippen molar-refractivity contribution in [2.24, 2.45) is 0 Å². The smallest absolute Gasteiger partial charge is 0.341 e. The van der Waals surface area contributed by atoms with Crippen LogP contribution in [0.2, 0.25) is 0 Å². The van der Waals surface area contributed by atoms with Crippen LogP contribution in [-0.4, -0.2) is 27.3 Å². The van der Waals surface area contributed by atoms with Gasteiger partial charge in [0, 0.05) is 5.71 Å². The molecule has 5 heteroatoms. The van der Waals surface area contributed by atoms with E-state index in [1.807, 2.05) is 0 Å². The molecular weight excluding hydrogens is 182 g/mol. The predicted octanol–water partition coefficient (Wildman–Crippen LogP) is 1.55. The molecule has 0 rings (SSSR count). The van der Waals surface area contributed by atoms with Gasteiger partial charge in [0.25, 0.3) is 0 Å². The molecule has 0 heterocycles. The maximum Gasteiger partial charge on any atom is 0.341 e. The van der Waals surface area contributed by atoms with Crippen molar-refractivity contribution in [1.82, 2.24) is 0 Å². The monoisotopic (exact) mass is 191 g/mol. The first-order valence-corrected chi connectivity index (χ1v) is 3.67. The number of hydrogen-bond acceptors (Lipinski definition) is 3. The van der Waals surface area contributed by atoms with Crippen molar-refractivity contribution < 1.29 is 15.0 Å². The van der Waals surface area contributed by atoms with Gasteiger partial charge in [-0.2, -0.15) is 0 Å². The Hall–Kier alpha value is -1.03. The Labute approximate surface area is 75.0 Å². The van der Waals surface area contributed by atoms with Crippen molar-refractivity contribution in [1.29, 1.82) is 5.41 Å². The number of hydrogen-bond donors (Lipinski definition) is 3. The summed E-state index contributed by atoms with van der Waals surface area (Å²) >= 11 is 5.44. The molecule has 0 aromatic heterocycles. The van der Waals surface area contributed by atoms with E-state index in [1.54, 1.807) is 0 Å². The van der Waals surface area contributed by atoms with E-state index in [1.165, 1.54) is 13.8 Å². The number of rotatable bonds is 3. The van der Waals surface area contributed by atoms with Gasteiger partial charge in [0.15, 0.2) is 0 Å². The highest BCUT2D eigenvalue weighted by Crippen LogP contribution is 2.12. The third-order valence-electron chi connectivity index (χ3n) is 1.22. The van der Waals surface area contributed by atoms with E-state index >= 15 is 0 Å². The highest BCUT2D eigenvalue weighted by Gasteiger charge is 2.19. The van der Waals surface area contributed by atoms with Crippen LogP contribution in [0.15, 0.2) is 11.3 Å². The van der Waals surface area contributed by atoms with Crippen molar-refractivity contribution in [2.75, 3.05) is 0 Å². The van der Waals surface area contributed by atoms with E-state index in [0.29, 0.717) is 0 Å². The fourth-order valence-corrected chi connectivity index (χ4v) is 0.770. The molecule has 12 heavy (non-hydrogen) atoms. The summed E-state index contributed by atoms with van der Waals surface area (Å²) in [4.78, 5) is 10.5. The molecule has 0 aromatic rings.